The summed E-state index contributed by atoms with van der Waals surface area (Å²) in [6, 6.07) is 12.2. The zero-order valence-electron chi connectivity index (χ0n) is 19.2. The van der Waals surface area contributed by atoms with E-state index in [9.17, 15) is 0 Å². The van der Waals surface area contributed by atoms with E-state index in [-0.39, 0.29) is 7.43 Å². The molecule has 0 fully saturated rings. The van der Waals surface area contributed by atoms with Crippen LogP contribution in [0.1, 0.15) is 18.8 Å². The molecule has 0 aromatic carbocycles. The van der Waals surface area contributed by atoms with Gasteiger partial charge in [-0.2, -0.15) is 0 Å². The average Bonchev–Trinajstić information content (AvgIpc) is 2.45. The number of aromatic nitrogens is 2. The number of aryl methyl sites for hydroxylation is 2. The third kappa shape index (κ3) is 25.2. The molecule has 2 nitrogen and oxygen atoms in total. The Balaban J connectivity index is -0.000000324. The normalized spacial score (nSPS) is 9.79. The first kappa shape index (κ1) is 33.8. The molecule has 0 aliphatic carbocycles. The van der Waals surface area contributed by atoms with Crippen LogP contribution in [0, 0.1) is 13.8 Å². The third-order valence-electron chi connectivity index (χ3n) is 2.51. The van der Waals surface area contributed by atoms with Crippen LogP contribution in [0.4, 0.5) is 0 Å². The van der Waals surface area contributed by atoms with E-state index >= 15 is 0 Å². The Kier molecular flexibility index (Phi) is 22.8. The Hall–Kier alpha value is 1.18. The molecule has 0 spiro atoms. The van der Waals surface area contributed by atoms with E-state index in [2.05, 4.69) is 95.5 Å². The molecule has 2 rings (SSSR count). The van der Waals surface area contributed by atoms with E-state index in [1.165, 1.54) is 3.71 Å². The van der Waals surface area contributed by atoms with Crippen molar-refractivity contribution in [3.05, 3.63) is 52.4 Å². The molecule has 0 saturated heterocycles. The molecule has 2 aromatic heterocycles. The second-order valence-electron chi connectivity index (χ2n) is 8.52. The molecule has 0 amide bonds. The minimum absolute atomic E-state index is 0. The summed E-state index contributed by atoms with van der Waals surface area (Å²) in [6.07, 6.45) is 0. The summed E-state index contributed by atoms with van der Waals surface area (Å²) in [5.41, 5.74) is 2.19. The first-order valence-corrected chi connectivity index (χ1v) is 37.2. The molecular formula is C22H43BrN2Sn3. The van der Waals surface area contributed by atoms with Gasteiger partial charge in [-0.3, -0.25) is 0 Å². The van der Waals surface area contributed by atoms with Gasteiger partial charge in [-0.05, 0) is 35.0 Å². The average molecular weight is 772 g/mol. The van der Waals surface area contributed by atoms with Crippen LogP contribution in [0.5, 0.6) is 0 Å². The van der Waals surface area contributed by atoms with Crippen LogP contribution in [0.3, 0.4) is 0 Å². The van der Waals surface area contributed by atoms with Crippen molar-refractivity contribution in [1.82, 2.24) is 9.97 Å². The van der Waals surface area contributed by atoms with Crippen LogP contribution < -0.4 is 3.71 Å². The van der Waals surface area contributed by atoms with Crippen LogP contribution in [-0.2, 0) is 0 Å². The van der Waals surface area contributed by atoms with E-state index in [0.29, 0.717) is 0 Å². The van der Waals surface area contributed by atoms with E-state index in [1.807, 2.05) is 25.1 Å². The number of pyridine rings is 2. The first-order valence-electron chi connectivity index (χ1n) is 9.32. The summed E-state index contributed by atoms with van der Waals surface area (Å²) >= 11 is 0.298. The standard InChI is InChI=1S/C6H6BrN.C6H6N.CH4.9CH3.3Sn/c1-5-3-2-4-6(7)8-5;1-6-4-2-3-5-7-6;;;;;;;;;;;;;/h2-4H,1H3;2-4H,1H3;1H4;9*1H3;;;. The van der Waals surface area contributed by atoms with Crippen LogP contribution in [-0.4, -0.2) is 67.9 Å². The predicted octanol–water partition coefficient (Wildman–Crippen LogP) is 7.47. The van der Waals surface area contributed by atoms with Gasteiger partial charge >= 0.3 is 142 Å². The molecule has 0 saturated carbocycles. The summed E-state index contributed by atoms with van der Waals surface area (Å²) in [5.74, 6) is 0. The van der Waals surface area contributed by atoms with Crippen molar-refractivity contribution in [1.29, 1.82) is 0 Å². The van der Waals surface area contributed by atoms with Gasteiger partial charge in [0.2, 0.25) is 0 Å². The monoisotopic (exact) mass is 774 g/mol. The molecule has 0 unspecified atom stereocenters. The summed E-state index contributed by atoms with van der Waals surface area (Å²) in [4.78, 5) is 30.0. The second kappa shape index (κ2) is 18.9. The number of hydrogen-bond acceptors (Lipinski definition) is 2. The molecule has 6 heteroatoms. The van der Waals surface area contributed by atoms with Crippen LogP contribution in [0.2, 0.25) is 44.5 Å². The van der Waals surface area contributed by atoms with E-state index < -0.39 is 57.9 Å². The number of nitrogens with zero attached hydrogens (tertiary/aromatic N) is 2. The van der Waals surface area contributed by atoms with Crippen molar-refractivity contribution < 1.29 is 0 Å². The van der Waals surface area contributed by atoms with E-state index in [1.54, 1.807) is 0 Å². The predicted molar refractivity (Wildman–Crippen MR) is 142 cm³/mol. The molecule has 0 atom stereocenters. The fourth-order valence-electron chi connectivity index (χ4n) is 1.47. The molecule has 28 heavy (non-hydrogen) atoms. The number of hydrogen-bond donors (Lipinski definition) is 0. The zero-order valence-corrected chi connectivity index (χ0v) is 29.4. The Bertz CT molecular complexity index is 598. The van der Waals surface area contributed by atoms with Crippen molar-refractivity contribution >= 4 is 77.5 Å². The van der Waals surface area contributed by atoms with Gasteiger partial charge in [0.05, 0.1) is 0 Å². The molecule has 2 aromatic rings. The molecular weight excluding hydrogens is 728 g/mol. The second-order valence-corrected chi connectivity index (χ2v) is 40.8. The van der Waals surface area contributed by atoms with Crippen molar-refractivity contribution in [2.75, 3.05) is 0 Å². The van der Waals surface area contributed by atoms with Gasteiger partial charge < -0.3 is 0 Å². The summed E-state index contributed by atoms with van der Waals surface area (Å²) in [7, 11) is 0. The topological polar surface area (TPSA) is 25.8 Å². The van der Waals surface area contributed by atoms with Gasteiger partial charge in [0, 0.05) is 5.69 Å². The summed E-state index contributed by atoms with van der Waals surface area (Å²) in [5, 5.41) is 0. The molecule has 0 aliphatic heterocycles. The van der Waals surface area contributed by atoms with Crippen molar-refractivity contribution in [2.24, 2.45) is 0 Å². The first-order chi connectivity index (χ1) is 12.3. The van der Waals surface area contributed by atoms with E-state index in [4.69, 9.17) is 0 Å². The summed E-state index contributed by atoms with van der Waals surface area (Å²) in [6.45, 7) is 4.02. The Morgan fingerprint density at radius 3 is 1.29 bits per heavy atom. The Labute approximate surface area is 203 Å². The van der Waals surface area contributed by atoms with Crippen LogP contribution in [0.25, 0.3) is 0 Å². The minimum atomic E-state index is -1.87. The summed E-state index contributed by atoms with van der Waals surface area (Å²) < 4.78 is 2.27. The quantitative estimate of drug-likeness (QED) is 0.222. The van der Waals surface area contributed by atoms with Gasteiger partial charge in [0.25, 0.3) is 0 Å². The Morgan fingerprint density at radius 1 is 0.714 bits per heavy atom. The van der Waals surface area contributed by atoms with Crippen molar-refractivity contribution in [3.63, 3.8) is 0 Å². The molecule has 0 aliphatic rings. The fraction of sp³-hybridized carbons (Fsp3) is 0.545. The number of halogens is 1. The van der Waals surface area contributed by atoms with E-state index in [0.717, 1.165) is 16.0 Å². The molecule has 2 radical (unpaired) electrons. The van der Waals surface area contributed by atoms with Gasteiger partial charge in [0.1, 0.15) is 4.60 Å². The van der Waals surface area contributed by atoms with Crippen molar-refractivity contribution in [2.45, 2.75) is 65.7 Å². The van der Waals surface area contributed by atoms with Crippen LogP contribution >= 0.6 is 15.9 Å². The van der Waals surface area contributed by atoms with Gasteiger partial charge in [-0.25, -0.2) is 4.98 Å². The molecule has 0 N–H and O–H groups in total. The zero-order chi connectivity index (χ0) is 21.6. The SMILES string of the molecule is C.Cc1ccc[c]([Sn]([CH3])([CH3])[CH3])n1.Cc1cccc(Br)n1.[CH3][Sn]([CH3])[CH3].[CH3][Sn]([CH3])[CH3]. The molecule has 0 bridgehead atoms. The maximum atomic E-state index is 4.54. The Morgan fingerprint density at radius 2 is 1.07 bits per heavy atom. The third-order valence-corrected chi connectivity index (χ3v) is 8.13. The van der Waals surface area contributed by atoms with Gasteiger partial charge in [-0.15, -0.1) is 0 Å². The fourth-order valence-corrected chi connectivity index (χ4v) is 5.07. The van der Waals surface area contributed by atoms with Gasteiger partial charge in [-0.1, -0.05) is 13.5 Å². The van der Waals surface area contributed by atoms with Crippen LogP contribution in [0.15, 0.2) is 41.0 Å². The van der Waals surface area contributed by atoms with Crippen molar-refractivity contribution in [3.8, 4) is 0 Å². The van der Waals surface area contributed by atoms with Gasteiger partial charge in [0.15, 0.2) is 0 Å². The number of rotatable bonds is 1. The molecule has 160 valence electrons. The maximum absolute atomic E-state index is 4.54. The molecule has 2 heterocycles.